The summed E-state index contributed by atoms with van der Waals surface area (Å²) < 4.78 is 29.5. The van der Waals surface area contributed by atoms with E-state index in [0.717, 1.165) is 0 Å². The minimum absolute atomic E-state index is 0.138. The Bertz CT molecular complexity index is 286. The van der Waals surface area contributed by atoms with Crippen LogP contribution in [0.25, 0.3) is 0 Å². The summed E-state index contributed by atoms with van der Waals surface area (Å²) in [5.74, 6) is 0. The first-order valence-corrected chi connectivity index (χ1v) is 17.4. The predicted octanol–water partition coefficient (Wildman–Crippen LogP) is 2.72. The van der Waals surface area contributed by atoms with Crippen LogP contribution in [0.15, 0.2) is 0 Å². The van der Waals surface area contributed by atoms with Crippen LogP contribution < -0.4 is 0 Å². The van der Waals surface area contributed by atoms with Crippen molar-refractivity contribution in [3.63, 3.8) is 0 Å². The van der Waals surface area contributed by atoms with Crippen molar-refractivity contribution in [2.75, 3.05) is 21.3 Å². The minimum atomic E-state index is -2.68. The molecular weight excluding hydrogens is 324 g/mol. The fourth-order valence-corrected chi connectivity index (χ4v) is 20.0. The molecule has 0 aliphatic carbocycles. The lowest BCUT2D eigenvalue weighted by Gasteiger charge is -2.42. The summed E-state index contributed by atoms with van der Waals surface area (Å²) in [6.45, 7) is 15.1. The van der Waals surface area contributed by atoms with Gasteiger partial charge in [-0.25, -0.2) is 0 Å². The molecule has 0 bridgehead atoms. The van der Waals surface area contributed by atoms with Crippen LogP contribution in [0.5, 0.6) is 0 Å². The molecule has 1 atom stereocenters. The Morgan fingerprint density at radius 3 is 1.55 bits per heavy atom. The summed E-state index contributed by atoms with van der Waals surface area (Å²) in [5.41, 5.74) is 0. The molecule has 0 aliphatic heterocycles. The van der Waals surface area contributed by atoms with Gasteiger partial charge in [-0.3, -0.25) is 0 Å². The number of hydrogen-bond donors (Lipinski definition) is 0. The number of rotatable bonds is 9. The average Bonchev–Trinajstić information content (AvgIpc) is 2.28. The van der Waals surface area contributed by atoms with Crippen molar-refractivity contribution in [3.8, 4) is 0 Å². The van der Waals surface area contributed by atoms with Gasteiger partial charge in [0.25, 0.3) is 0 Å². The Hall–Kier alpha value is 0.668. The lowest BCUT2D eigenvalue weighted by molar-refractivity contribution is 0.119. The molecule has 0 aromatic carbocycles. The molecule has 1 unspecified atom stereocenters. The molecule has 0 heterocycles. The molecule has 5 nitrogen and oxygen atoms in total. The van der Waals surface area contributed by atoms with Crippen molar-refractivity contribution >= 4 is 34.7 Å². The molecular formula is C11H32O5Si4. The smallest absolute Gasteiger partial charge is 0.440 e. The summed E-state index contributed by atoms with van der Waals surface area (Å²) in [7, 11) is -2.99. The van der Waals surface area contributed by atoms with E-state index < -0.39 is 34.7 Å². The topological polar surface area (TPSA) is 46.2 Å². The second-order valence-electron chi connectivity index (χ2n) is 6.21. The van der Waals surface area contributed by atoms with Crippen molar-refractivity contribution in [2.24, 2.45) is 0 Å². The van der Waals surface area contributed by atoms with Crippen LogP contribution in [-0.2, 0) is 21.5 Å². The largest absolute Gasteiger partial charge is 0.502 e. The van der Waals surface area contributed by atoms with E-state index in [9.17, 15) is 0 Å². The van der Waals surface area contributed by atoms with Gasteiger partial charge in [0.05, 0.1) is 0 Å². The van der Waals surface area contributed by atoms with Crippen molar-refractivity contribution < 1.29 is 21.5 Å². The minimum Gasteiger partial charge on any atom is -0.440 e. The highest BCUT2D eigenvalue weighted by atomic mass is 28.5. The monoisotopic (exact) mass is 356 g/mol. The first kappa shape index (κ1) is 20.7. The second kappa shape index (κ2) is 7.79. The zero-order valence-electron chi connectivity index (χ0n) is 14.7. The molecule has 20 heavy (non-hydrogen) atoms. The van der Waals surface area contributed by atoms with Gasteiger partial charge in [-0.1, -0.05) is 6.92 Å². The summed E-state index contributed by atoms with van der Waals surface area (Å²) >= 11 is 0. The first-order valence-electron chi connectivity index (χ1n) is 6.99. The first-order chi connectivity index (χ1) is 8.96. The molecule has 0 fully saturated rings. The van der Waals surface area contributed by atoms with Crippen LogP contribution in [0.1, 0.15) is 6.92 Å². The molecule has 0 saturated heterocycles. The van der Waals surface area contributed by atoms with Crippen LogP contribution >= 0.6 is 0 Å². The lowest BCUT2D eigenvalue weighted by atomic mass is 10.9. The summed E-state index contributed by atoms with van der Waals surface area (Å²) in [5, 5.41) is 0.138. The van der Waals surface area contributed by atoms with Gasteiger partial charge < -0.3 is 21.5 Å². The Morgan fingerprint density at radius 2 is 1.25 bits per heavy atom. The third-order valence-electron chi connectivity index (χ3n) is 3.46. The Morgan fingerprint density at radius 1 is 0.850 bits per heavy atom. The normalized spacial score (nSPS) is 15.8. The van der Waals surface area contributed by atoms with Crippen molar-refractivity contribution in [1.29, 1.82) is 0 Å². The standard InChI is InChI=1S/C11H32O5Si4/c1-11(20(12-2,13-3)14-4)18(7,8)16-19(9,10)15-17(5)6/h11,17H,1-10H3. The van der Waals surface area contributed by atoms with Crippen LogP contribution in [0, 0.1) is 0 Å². The molecule has 0 aromatic rings. The zero-order chi connectivity index (χ0) is 16.2. The highest BCUT2D eigenvalue weighted by molar-refractivity contribution is 6.92. The number of hydrogen-bond acceptors (Lipinski definition) is 5. The van der Waals surface area contributed by atoms with E-state index >= 15 is 0 Å². The fraction of sp³-hybridized carbons (Fsp3) is 1.00. The molecule has 0 aliphatic rings. The Kier molecular flexibility index (Phi) is 8.05. The SMILES string of the molecule is CO[Si](OC)(OC)C(C)[Si](C)(C)O[Si](C)(C)O[SiH](C)C. The van der Waals surface area contributed by atoms with Gasteiger partial charge in [0.15, 0.2) is 17.4 Å². The van der Waals surface area contributed by atoms with Crippen molar-refractivity contribution in [2.45, 2.75) is 51.4 Å². The van der Waals surface area contributed by atoms with Gasteiger partial charge in [0, 0.05) is 26.5 Å². The molecule has 0 amide bonds. The third kappa shape index (κ3) is 5.46. The van der Waals surface area contributed by atoms with E-state index in [1.54, 1.807) is 21.3 Å². The molecule has 0 N–H and O–H groups in total. The van der Waals surface area contributed by atoms with Crippen LogP contribution in [0.4, 0.5) is 0 Å². The molecule has 0 rings (SSSR count). The second-order valence-corrected chi connectivity index (χ2v) is 20.8. The highest BCUT2D eigenvalue weighted by Gasteiger charge is 2.55. The molecule has 9 heteroatoms. The maximum absolute atomic E-state index is 6.49. The van der Waals surface area contributed by atoms with Crippen LogP contribution in [0.2, 0.25) is 44.4 Å². The van der Waals surface area contributed by atoms with E-state index in [1.165, 1.54) is 0 Å². The van der Waals surface area contributed by atoms with Gasteiger partial charge >= 0.3 is 17.4 Å². The molecule has 0 spiro atoms. The fourth-order valence-electron chi connectivity index (χ4n) is 2.52. The highest BCUT2D eigenvalue weighted by Crippen LogP contribution is 2.35. The zero-order valence-corrected chi connectivity index (χ0v) is 18.9. The van der Waals surface area contributed by atoms with Crippen LogP contribution in [-0.4, -0.2) is 56.1 Å². The molecule has 0 aromatic heterocycles. The quantitative estimate of drug-likeness (QED) is 0.594. The van der Waals surface area contributed by atoms with Gasteiger partial charge in [-0.2, -0.15) is 0 Å². The molecule has 0 saturated carbocycles. The average molecular weight is 357 g/mol. The predicted molar refractivity (Wildman–Crippen MR) is 92.2 cm³/mol. The Balaban J connectivity index is 5.11. The van der Waals surface area contributed by atoms with Gasteiger partial charge in [-0.05, 0) is 39.3 Å². The maximum Gasteiger partial charge on any atom is 0.502 e. The van der Waals surface area contributed by atoms with E-state index in [-0.39, 0.29) is 5.16 Å². The van der Waals surface area contributed by atoms with Crippen LogP contribution in [0.3, 0.4) is 0 Å². The van der Waals surface area contributed by atoms with Gasteiger partial charge in [-0.15, -0.1) is 0 Å². The van der Waals surface area contributed by atoms with E-state index in [0.29, 0.717) is 0 Å². The van der Waals surface area contributed by atoms with Gasteiger partial charge in [0.1, 0.15) is 0 Å². The van der Waals surface area contributed by atoms with Crippen molar-refractivity contribution in [1.82, 2.24) is 0 Å². The molecule has 0 radical (unpaired) electrons. The lowest BCUT2D eigenvalue weighted by Crippen LogP contribution is -2.60. The van der Waals surface area contributed by atoms with Gasteiger partial charge in [0.2, 0.25) is 0 Å². The molecule has 122 valence electrons. The maximum atomic E-state index is 6.49. The summed E-state index contributed by atoms with van der Waals surface area (Å²) in [4.78, 5) is 0. The third-order valence-corrected chi connectivity index (χ3v) is 19.7. The van der Waals surface area contributed by atoms with Crippen molar-refractivity contribution in [3.05, 3.63) is 0 Å². The van der Waals surface area contributed by atoms with E-state index in [4.69, 9.17) is 21.5 Å². The van der Waals surface area contributed by atoms with E-state index in [1.807, 2.05) is 0 Å². The summed E-state index contributed by atoms with van der Waals surface area (Å²) in [6, 6.07) is 0. The Labute approximate surface area is 129 Å². The van der Waals surface area contributed by atoms with E-state index in [2.05, 4.69) is 46.2 Å². The summed E-state index contributed by atoms with van der Waals surface area (Å²) in [6.07, 6.45) is 0.